The Labute approximate surface area is 78.4 Å². The fraction of sp³-hybridized carbons (Fsp3) is 0.667. The molecule has 3 N–H and O–H groups in total. The van der Waals surface area contributed by atoms with Crippen LogP contribution < -0.4 is 5.73 Å². The first-order chi connectivity index (χ1) is 5.96. The van der Waals surface area contributed by atoms with Crippen molar-refractivity contribution >= 4 is 0 Å². The number of aryl methyl sites for hydroxylation is 1. The molecule has 1 atom stereocenters. The predicted octanol–water partition coefficient (Wildman–Crippen LogP) is 0.210. The van der Waals surface area contributed by atoms with Crippen LogP contribution >= 0.6 is 0 Å². The lowest BCUT2D eigenvalue weighted by atomic mass is 10.1. The van der Waals surface area contributed by atoms with Gasteiger partial charge in [0.15, 0.2) is 0 Å². The molecule has 0 aliphatic rings. The first-order valence-electron chi connectivity index (χ1n) is 4.37. The first-order valence-corrected chi connectivity index (χ1v) is 4.37. The molecule has 0 spiro atoms. The summed E-state index contributed by atoms with van der Waals surface area (Å²) in [5, 5.41) is 9.74. The summed E-state index contributed by atoms with van der Waals surface area (Å²) in [4.78, 5) is 4.15. The van der Waals surface area contributed by atoms with Gasteiger partial charge in [0.2, 0.25) is 0 Å². The molecule has 1 rings (SSSR count). The molecule has 1 aromatic heterocycles. The van der Waals surface area contributed by atoms with Gasteiger partial charge in [0.1, 0.15) is 0 Å². The van der Waals surface area contributed by atoms with Crippen LogP contribution in [0.5, 0.6) is 0 Å². The summed E-state index contributed by atoms with van der Waals surface area (Å²) in [6.45, 7) is 6.40. The van der Waals surface area contributed by atoms with E-state index in [4.69, 9.17) is 5.73 Å². The van der Waals surface area contributed by atoms with Crippen LogP contribution in [0, 0.1) is 13.8 Å². The molecular formula is C9H17N3O. The molecule has 0 saturated carbocycles. The molecule has 1 unspecified atom stereocenters. The Bertz CT molecular complexity index is 291. The van der Waals surface area contributed by atoms with Crippen molar-refractivity contribution < 1.29 is 5.11 Å². The molecule has 0 radical (unpaired) electrons. The summed E-state index contributed by atoms with van der Waals surface area (Å²) in [5.41, 5.74) is 6.65. The molecule has 0 fully saturated rings. The van der Waals surface area contributed by atoms with Gasteiger partial charge in [0.05, 0.1) is 24.2 Å². The second-order valence-corrected chi connectivity index (χ2v) is 3.74. The van der Waals surface area contributed by atoms with E-state index in [1.54, 1.807) is 13.3 Å². The highest BCUT2D eigenvalue weighted by Gasteiger charge is 2.19. The lowest BCUT2D eigenvalue weighted by Gasteiger charge is -2.22. The van der Waals surface area contributed by atoms with Gasteiger partial charge in [-0.25, -0.2) is 4.98 Å². The minimum atomic E-state index is -0.849. The van der Waals surface area contributed by atoms with Crippen LogP contribution in [0.3, 0.4) is 0 Å². The summed E-state index contributed by atoms with van der Waals surface area (Å²) in [7, 11) is 0. The number of hydrogen-bond acceptors (Lipinski definition) is 3. The molecule has 0 saturated heterocycles. The lowest BCUT2D eigenvalue weighted by molar-refractivity contribution is 0.0502. The second kappa shape index (κ2) is 3.47. The third-order valence-electron chi connectivity index (χ3n) is 2.30. The fourth-order valence-corrected chi connectivity index (χ4v) is 1.14. The highest BCUT2D eigenvalue weighted by Crippen LogP contribution is 2.10. The maximum atomic E-state index is 9.74. The topological polar surface area (TPSA) is 64.1 Å². The number of hydrogen-bond donors (Lipinski definition) is 2. The van der Waals surface area contributed by atoms with E-state index in [0.29, 0.717) is 6.54 Å². The number of nitrogens with two attached hydrogens (primary N) is 1. The molecular weight excluding hydrogens is 166 g/mol. The molecule has 13 heavy (non-hydrogen) atoms. The number of rotatable bonds is 3. The summed E-state index contributed by atoms with van der Waals surface area (Å²) < 4.78 is 1.92. The summed E-state index contributed by atoms with van der Waals surface area (Å²) in [5.74, 6) is 0. The minimum absolute atomic E-state index is 0.254. The van der Waals surface area contributed by atoms with Crippen molar-refractivity contribution in [2.75, 3.05) is 6.54 Å². The number of aromatic nitrogens is 2. The minimum Gasteiger partial charge on any atom is -0.387 e. The van der Waals surface area contributed by atoms with Crippen LogP contribution in [0.4, 0.5) is 0 Å². The maximum absolute atomic E-state index is 9.74. The molecule has 0 aromatic carbocycles. The van der Waals surface area contributed by atoms with Crippen molar-refractivity contribution in [3.8, 4) is 0 Å². The van der Waals surface area contributed by atoms with Crippen molar-refractivity contribution in [2.45, 2.75) is 32.9 Å². The maximum Gasteiger partial charge on any atom is 0.0952 e. The SMILES string of the molecule is Cc1ncn(CC(C)(O)CN)c1C. The van der Waals surface area contributed by atoms with Crippen LogP contribution in [0.1, 0.15) is 18.3 Å². The number of imidazole rings is 1. The predicted molar refractivity (Wildman–Crippen MR) is 51.4 cm³/mol. The molecule has 1 heterocycles. The Hall–Kier alpha value is -0.870. The Morgan fingerprint density at radius 2 is 2.23 bits per heavy atom. The van der Waals surface area contributed by atoms with Gasteiger partial charge < -0.3 is 15.4 Å². The van der Waals surface area contributed by atoms with Gasteiger partial charge in [0.25, 0.3) is 0 Å². The Morgan fingerprint density at radius 1 is 1.62 bits per heavy atom. The van der Waals surface area contributed by atoms with Crippen LogP contribution in [0.2, 0.25) is 0 Å². The van der Waals surface area contributed by atoms with E-state index in [1.165, 1.54) is 0 Å². The molecule has 0 aliphatic carbocycles. The highest BCUT2D eigenvalue weighted by molar-refractivity contribution is 5.08. The van der Waals surface area contributed by atoms with Gasteiger partial charge in [-0.15, -0.1) is 0 Å². The third-order valence-corrected chi connectivity index (χ3v) is 2.30. The molecule has 4 heteroatoms. The average molecular weight is 183 g/mol. The number of nitrogens with zero attached hydrogens (tertiary/aromatic N) is 2. The van der Waals surface area contributed by atoms with E-state index in [9.17, 15) is 5.11 Å². The molecule has 0 amide bonds. The zero-order chi connectivity index (χ0) is 10.1. The van der Waals surface area contributed by atoms with E-state index < -0.39 is 5.60 Å². The van der Waals surface area contributed by atoms with Crippen LogP contribution in [-0.2, 0) is 6.54 Å². The van der Waals surface area contributed by atoms with E-state index in [0.717, 1.165) is 11.4 Å². The van der Waals surface area contributed by atoms with Crippen molar-refractivity contribution in [1.29, 1.82) is 0 Å². The molecule has 4 nitrogen and oxygen atoms in total. The first kappa shape index (κ1) is 10.2. The van der Waals surface area contributed by atoms with Gasteiger partial charge in [0, 0.05) is 12.2 Å². The van der Waals surface area contributed by atoms with Gasteiger partial charge in [-0.3, -0.25) is 0 Å². The van der Waals surface area contributed by atoms with Crippen molar-refractivity contribution in [3.63, 3.8) is 0 Å². The zero-order valence-electron chi connectivity index (χ0n) is 8.41. The van der Waals surface area contributed by atoms with E-state index >= 15 is 0 Å². The molecule has 74 valence electrons. The molecule has 1 aromatic rings. The van der Waals surface area contributed by atoms with E-state index in [-0.39, 0.29) is 6.54 Å². The Balaban J connectivity index is 2.80. The van der Waals surface area contributed by atoms with Gasteiger partial charge in [-0.1, -0.05) is 0 Å². The third kappa shape index (κ3) is 2.29. The smallest absolute Gasteiger partial charge is 0.0952 e. The second-order valence-electron chi connectivity index (χ2n) is 3.74. The van der Waals surface area contributed by atoms with E-state index in [1.807, 2.05) is 18.4 Å². The molecule has 0 aliphatic heterocycles. The van der Waals surface area contributed by atoms with Crippen molar-refractivity contribution in [2.24, 2.45) is 5.73 Å². The standard InChI is InChI=1S/C9H17N3O/c1-7-8(2)12(6-11-7)5-9(3,13)4-10/h6,13H,4-5,10H2,1-3H3. The van der Waals surface area contributed by atoms with Crippen molar-refractivity contribution in [3.05, 3.63) is 17.7 Å². The Morgan fingerprint density at radius 3 is 2.62 bits per heavy atom. The molecule has 0 bridgehead atoms. The van der Waals surface area contributed by atoms with Crippen LogP contribution in [-0.4, -0.2) is 26.8 Å². The largest absolute Gasteiger partial charge is 0.387 e. The monoisotopic (exact) mass is 183 g/mol. The average Bonchev–Trinajstić information content (AvgIpc) is 2.36. The highest BCUT2D eigenvalue weighted by atomic mass is 16.3. The number of aliphatic hydroxyl groups is 1. The van der Waals surface area contributed by atoms with Crippen LogP contribution in [0.25, 0.3) is 0 Å². The quantitative estimate of drug-likeness (QED) is 0.704. The normalized spacial score (nSPS) is 15.8. The summed E-state index contributed by atoms with van der Waals surface area (Å²) in [6.07, 6.45) is 1.73. The Kier molecular flexibility index (Phi) is 2.73. The van der Waals surface area contributed by atoms with E-state index in [2.05, 4.69) is 4.98 Å². The fourth-order valence-electron chi connectivity index (χ4n) is 1.14. The van der Waals surface area contributed by atoms with Gasteiger partial charge in [-0.05, 0) is 20.8 Å². The summed E-state index contributed by atoms with van der Waals surface area (Å²) in [6, 6.07) is 0. The van der Waals surface area contributed by atoms with Gasteiger partial charge >= 0.3 is 0 Å². The van der Waals surface area contributed by atoms with Crippen molar-refractivity contribution in [1.82, 2.24) is 9.55 Å². The summed E-state index contributed by atoms with van der Waals surface area (Å²) >= 11 is 0. The van der Waals surface area contributed by atoms with Crippen LogP contribution in [0.15, 0.2) is 6.33 Å². The van der Waals surface area contributed by atoms with Gasteiger partial charge in [-0.2, -0.15) is 0 Å². The zero-order valence-corrected chi connectivity index (χ0v) is 8.41. The lowest BCUT2D eigenvalue weighted by Crippen LogP contribution is -2.38.